The van der Waals surface area contributed by atoms with Crippen molar-refractivity contribution in [2.24, 2.45) is 0 Å². The highest BCUT2D eigenvalue weighted by atomic mass is 35.5. The number of rotatable bonds is 3. The second-order valence-corrected chi connectivity index (χ2v) is 1.78. The molecular formula is C5H12ClNO4. The van der Waals surface area contributed by atoms with Crippen LogP contribution in [-0.4, -0.2) is 31.3 Å². The van der Waals surface area contributed by atoms with Crippen molar-refractivity contribution in [3.8, 4) is 0 Å². The number of hydrogen-bond donors (Lipinski definition) is 2. The Kier molecular flexibility index (Phi) is 6.16. The van der Waals surface area contributed by atoms with Crippen molar-refractivity contribution in [2.75, 3.05) is 14.2 Å². The molecule has 1 amide bonds. The molecule has 0 saturated carbocycles. The third-order valence-electron chi connectivity index (χ3n) is 1.11. The van der Waals surface area contributed by atoms with Crippen molar-refractivity contribution in [3.63, 3.8) is 0 Å². The molecule has 2 N–H and O–H groups in total. The molecule has 6 heteroatoms. The number of amides is 1. The van der Waals surface area contributed by atoms with Crippen LogP contribution < -0.4 is 5.32 Å². The summed E-state index contributed by atoms with van der Waals surface area (Å²) in [5.41, 5.74) is 0. The van der Waals surface area contributed by atoms with Gasteiger partial charge in [-0.2, -0.15) is 0 Å². The van der Waals surface area contributed by atoms with Crippen LogP contribution in [0.15, 0.2) is 0 Å². The smallest absolute Gasteiger partial charge is 0.408 e. The first-order valence-corrected chi connectivity index (χ1v) is 2.65. The number of methoxy groups -OCH3 is 2. The summed E-state index contributed by atoms with van der Waals surface area (Å²) in [6.07, 6.45) is -1.19. The summed E-state index contributed by atoms with van der Waals surface area (Å²) < 4.78 is 9.37. The highest BCUT2D eigenvalue weighted by Crippen LogP contribution is 2.03. The lowest BCUT2D eigenvalue weighted by molar-refractivity contribution is -0.207. The Morgan fingerprint density at radius 2 is 1.82 bits per heavy atom. The molecule has 0 fully saturated rings. The quantitative estimate of drug-likeness (QED) is 0.634. The average molecular weight is 186 g/mol. The molecule has 5 nitrogen and oxygen atoms in total. The van der Waals surface area contributed by atoms with Crippen molar-refractivity contribution in [1.29, 1.82) is 0 Å². The Hall–Kier alpha value is -0.520. The highest BCUT2D eigenvalue weighted by Gasteiger charge is 2.24. The molecule has 0 aliphatic heterocycles. The van der Waals surface area contributed by atoms with E-state index in [4.69, 9.17) is 5.11 Å². The van der Waals surface area contributed by atoms with E-state index in [0.29, 0.717) is 0 Å². The maximum atomic E-state index is 10.1. The first kappa shape index (κ1) is 13.1. The molecule has 0 aromatic carbocycles. The summed E-state index contributed by atoms with van der Waals surface area (Å²) in [6.45, 7) is 1.46. The van der Waals surface area contributed by atoms with Gasteiger partial charge in [0.15, 0.2) is 0 Å². The van der Waals surface area contributed by atoms with E-state index < -0.39 is 12.0 Å². The minimum Gasteiger partial charge on any atom is -0.465 e. The Labute approximate surface area is 71.1 Å². The van der Waals surface area contributed by atoms with Crippen molar-refractivity contribution < 1.29 is 19.4 Å². The van der Waals surface area contributed by atoms with Gasteiger partial charge in [-0.15, -0.1) is 12.4 Å². The monoisotopic (exact) mass is 185 g/mol. The molecule has 11 heavy (non-hydrogen) atoms. The molecule has 0 atom stereocenters. The molecular weight excluding hydrogens is 174 g/mol. The van der Waals surface area contributed by atoms with E-state index in [2.05, 4.69) is 9.47 Å². The van der Waals surface area contributed by atoms with Crippen LogP contribution in [-0.2, 0) is 9.47 Å². The highest BCUT2D eigenvalue weighted by molar-refractivity contribution is 5.85. The molecule has 0 radical (unpaired) electrons. The van der Waals surface area contributed by atoms with Crippen molar-refractivity contribution in [2.45, 2.75) is 12.8 Å². The summed E-state index contributed by atoms with van der Waals surface area (Å²) in [5, 5.41) is 10.3. The van der Waals surface area contributed by atoms with E-state index in [1.54, 1.807) is 0 Å². The predicted molar refractivity (Wildman–Crippen MR) is 40.8 cm³/mol. The van der Waals surface area contributed by atoms with Gasteiger partial charge in [-0.1, -0.05) is 0 Å². The van der Waals surface area contributed by atoms with Crippen LogP contribution in [0.1, 0.15) is 6.92 Å². The summed E-state index contributed by atoms with van der Waals surface area (Å²) in [6, 6.07) is 0. The van der Waals surface area contributed by atoms with E-state index in [0.717, 1.165) is 0 Å². The lowest BCUT2D eigenvalue weighted by Gasteiger charge is -2.25. The molecule has 0 unspecified atom stereocenters. The third kappa shape index (κ3) is 4.83. The van der Waals surface area contributed by atoms with Gasteiger partial charge in [-0.25, -0.2) is 4.79 Å². The van der Waals surface area contributed by atoms with Crippen LogP contribution >= 0.6 is 12.4 Å². The van der Waals surface area contributed by atoms with E-state index in [-0.39, 0.29) is 12.4 Å². The van der Waals surface area contributed by atoms with E-state index >= 15 is 0 Å². The zero-order valence-corrected chi connectivity index (χ0v) is 7.40. The van der Waals surface area contributed by atoms with Crippen molar-refractivity contribution in [1.82, 2.24) is 5.32 Å². The molecule has 0 aromatic heterocycles. The van der Waals surface area contributed by atoms with Crippen molar-refractivity contribution >= 4 is 18.5 Å². The predicted octanol–water partition coefficient (Wildman–Crippen LogP) is 0.642. The van der Waals surface area contributed by atoms with Crippen LogP contribution in [0, 0.1) is 0 Å². The van der Waals surface area contributed by atoms with Crippen LogP contribution in [0.5, 0.6) is 0 Å². The van der Waals surface area contributed by atoms with Crippen LogP contribution in [0.2, 0.25) is 0 Å². The molecule has 0 spiro atoms. The fraction of sp³-hybridized carbons (Fsp3) is 0.800. The number of carboxylic acid groups (broad SMARTS) is 1. The van der Waals surface area contributed by atoms with Gasteiger partial charge < -0.3 is 14.6 Å². The maximum absolute atomic E-state index is 10.1. The fourth-order valence-corrected chi connectivity index (χ4v) is 0.380. The maximum Gasteiger partial charge on any atom is 0.408 e. The van der Waals surface area contributed by atoms with E-state index in [9.17, 15) is 4.79 Å². The van der Waals surface area contributed by atoms with Gasteiger partial charge in [0, 0.05) is 21.1 Å². The second-order valence-electron chi connectivity index (χ2n) is 1.78. The van der Waals surface area contributed by atoms with Gasteiger partial charge in [0.05, 0.1) is 0 Å². The minimum absolute atomic E-state index is 0. The Morgan fingerprint density at radius 1 is 1.45 bits per heavy atom. The number of carbonyl (C=O) groups is 1. The van der Waals surface area contributed by atoms with Gasteiger partial charge in [-0.3, -0.25) is 5.32 Å². The topological polar surface area (TPSA) is 67.8 Å². The molecule has 0 aliphatic rings. The summed E-state index contributed by atoms with van der Waals surface area (Å²) in [7, 11) is 2.69. The van der Waals surface area contributed by atoms with Crippen LogP contribution in [0.25, 0.3) is 0 Å². The van der Waals surface area contributed by atoms with Gasteiger partial charge in [-0.05, 0) is 0 Å². The zero-order chi connectivity index (χ0) is 8.20. The molecule has 0 aromatic rings. The standard InChI is InChI=1S/C5H11NO4.ClH/c1-5(9-2,10-3)6-4(7)8;/h6H,1-3H3,(H,7,8);1H. The van der Waals surface area contributed by atoms with Gasteiger partial charge in [0.1, 0.15) is 0 Å². The first-order chi connectivity index (χ1) is 4.54. The van der Waals surface area contributed by atoms with E-state index in [1.807, 2.05) is 5.32 Å². The largest absolute Gasteiger partial charge is 0.465 e. The Morgan fingerprint density at radius 3 is 1.91 bits per heavy atom. The molecule has 0 saturated heterocycles. The normalized spacial score (nSPS) is 10.1. The number of nitrogens with one attached hydrogen (secondary N) is 1. The second kappa shape index (κ2) is 5.17. The lowest BCUT2D eigenvalue weighted by Crippen LogP contribution is -2.48. The summed E-state index contributed by atoms with van der Waals surface area (Å²) in [4.78, 5) is 10.1. The SMILES string of the molecule is COC(C)(NC(=O)O)OC.Cl. The van der Waals surface area contributed by atoms with Gasteiger partial charge in [0.2, 0.25) is 0 Å². The van der Waals surface area contributed by atoms with Crippen LogP contribution in [0.4, 0.5) is 4.79 Å². The number of ether oxygens (including phenoxy) is 2. The van der Waals surface area contributed by atoms with Crippen molar-refractivity contribution in [3.05, 3.63) is 0 Å². The third-order valence-corrected chi connectivity index (χ3v) is 1.11. The fourth-order valence-electron chi connectivity index (χ4n) is 0.380. The molecule has 0 aliphatic carbocycles. The minimum atomic E-state index is -1.24. The van der Waals surface area contributed by atoms with E-state index in [1.165, 1.54) is 21.1 Å². The Bertz CT molecular complexity index is 126. The summed E-state index contributed by atoms with van der Waals surface area (Å²) in [5.74, 6) is -1.24. The first-order valence-electron chi connectivity index (χ1n) is 2.65. The molecule has 0 rings (SSSR count). The molecule has 68 valence electrons. The van der Waals surface area contributed by atoms with Gasteiger partial charge in [0.25, 0.3) is 5.91 Å². The average Bonchev–Trinajstić information content (AvgIpc) is 1.87. The number of halogens is 1. The Balaban J connectivity index is 0. The molecule has 0 heterocycles. The number of hydrogen-bond acceptors (Lipinski definition) is 3. The zero-order valence-electron chi connectivity index (χ0n) is 6.58. The molecule has 0 bridgehead atoms. The lowest BCUT2D eigenvalue weighted by atomic mass is 10.5. The summed E-state index contributed by atoms with van der Waals surface area (Å²) >= 11 is 0. The van der Waals surface area contributed by atoms with Crippen LogP contribution in [0.3, 0.4) is 0 Å². The van der Waals surface area contributed by atoms with Gasteiger partial charge >= 0.3 is 6.09 Å².